The molecule has 0 saturated heterocycles. The lowest BCUT2D eigenvalue weighted by Gasteiger charge is -2.27. The third kappa shape index (κ3) is 3.91. The van der Waals surface area contributed by atoms with E-state index in [0.717, 1.165) is 31.9 Å². The monoisotopic (exact) mass is 329 g/mol. The van der Waals surface area contributed by atoms with E-state index in [1.165, 1.54) is 11.3 Å². The first-order valence-corrected chi connectivity index (χ1v) is 8.21. The minimum atomic E-state index is 0.0506. The van der Waals surface area contributed by atoms with Gasteiger partial charge in [-0.15, -0.1) is 0 Å². The molecule has 0 atom stereocenters. The fourth-order valence-corrected chi connectivity index (χ4v) is 2.80. The van der Waals surface area contributed by atoms with E-state index in [2.05, 4.69) is 26.4 Å². The Hall–Kier alpha value is -2.41. The molecule has 24 heavy (non-hydrogen) atoms. The molecule has 1 aliphatic rings. The average Bonchev–Trinajstić information content (AvgIpc) is 3.02. The molecule has 0 spiro atoms. The van der Waals surface area contributed by atoms with Gasteiger partial charge in [0, 0.05) is 38.3 Å². The topological polar surface area (TPSA) is 72.3 Å². The molecule has 0 saturated carbocycles. The van der Waals surface area contributed by atoms with E-state index in [0.29, 0.717) is 18.8 Å². The lowest BCUT2D eigenvalue weighted by Crippen LogP contribution is -2.33. The van der Waals surface area contributed by atoms with Crippen LogP contribution < -0.4 is 10.1 Å². The molecule has 3 heterocycles. The van der Waals surface area contributed by atoms with Crippen LogP contribution in [0.3, 0.4) is 0 Å². The predicted molar refractivity (Wildman–Crippen MR) is 89.3 cm³/mol. The number of hydrogen-bond acceptors (Lipinski definition) is 5. The lowest BCUT2D eigenvalue weighted by atomic mass is 10.2. The van der Waals surface area contributed by atoms with Gasteiger partial charge in [0.05, 0.1) is 31.6 Å². The van der Waals surface area contributed by atoms with Crippen molar-refractivity contribution in [2.75, 3.05) is 13.7 Å². The van der Waals surface area contributed by atoms with Crippen molar-refractivity contribution < 1.29 is 9.53 Å². The fourth-order valence-electron chi connectivity index (χ4n) is 2.80. The van der Waals surface area contributed by atoms with Crippen molar-refractivity contribution in [1.29, 1.82) is 0 Å². The average molecular weight is 329 g/mol. The van der Waals surface area contributed by atoms with Gasteiger partial charge in [0.2, 0.25) is 11.8 Å². The lowest BCUT2D eigenvalue weighted by molar-refractivity contribution is -0.120. The van der Waals surface area contributed by atoms with Crippen LogP contribution in [0.4, 0.5) is 0 Å². The van der Waals surface area contributed by atoms with Gasteiger partial charge in [-0.3, -0.25) is 14.4 Å². The highest BCUT2D eigenvalue weighted by molar-refractivity contribution is 5.75. The van der Waals surface area contributed by atoms with E-state index in [4.69, 9.17) is 4.74 Å². The summed E-state index contributed by atoms with van der Waals surface area (Å²) < 4.78 is 7.13. The van der Waals surface area contributed by atoms with Crippen molar-refractivity contribution >= 4 is 5.91 Å². The normalized spacial score (nSPS) is 14.2. The highest BCUT2D eigenvalue weighted by Gasteiger charge is 2.18. The van der Waals surface area contributed by atoms with Gasteiger partial charge in [0.1, 0.15) is 0 Å². The molecular weight excluding hydrogens is 306 g/mol. The third-order valence-electron chi connectivity index (χ3n) is 4.13. The van der Waals surface area contributed by atoms with Crippen LogP contribution in [0.5, 0.6) is 5.88 Å². The molecule has 1 amide bonds. The molecule has 2 aromatic heterocycles. The minimum absolute atomic E-state index is 0.0506. The van der Waals surface area contributed by atoms with Gasteiger partial charge in [0.25, 0.3) is 0 Å². The molecule has 0 bridgehead atoms. The molecular formula is C17H23N5O2. The van der Waals surface area contributed by atoms with Gasteiger partial charge < -0.3 is 10.1 Å². The van der Waals surface area contributed by atoms with E-state index in [1.807, 2.05) is 29.9 Å². The van der Waals surface area contributed by atoms with Crippen LogP contribution in [0.1, 0.15) is 30.3 Å². The van der Waals surface area contributed by atoms with E-state index < -0.39 is 0 Å². The summed E-state index contributed by atoms with van der Waals surface area (Å²) in [6, 6.07) is 6.01. The summed E-state index contributed by atoms with van der Waals surface area (Å²) in [4.78, 5) is 18.0. The van der Waals surface area contributed by atoms with Crippen molar-refractivity contribution in [3.05, 3.63) is 41.3 Å². The second kappa shape index (κ2) is 7.44. The zero-order valence-electron chi connectivity index (χ0n) is 14.2. The number of carbonyl (C=O) groups is 1. The summed E-state index contributed by atoms with van der Waals surface area (Å²) >= 11 is 0. The molecule has 128 valence electrons. The highest BCUT2D eigenvalue weighted by atomic mass is 16.5. The quantitative estimate of drug-likeness (QED) is 0.865. The molecule has 7 nitrogen and oxygen atoms in total. The number of nitrogens with zero attached hydrogens (tertiary/aromatic N) is 4. The minimum Gasteiger partial charge on any atom is -0.481 e. The van der Waals surface area contributed by atoms with E-state index in [1.54, 1.807) is 7.11 Å². The number of pyridine rings is 1. The molecule has 0 aromatic carbocycles. The van der Waals surface area contributed by atoms with Gasteiger partial charge >= 0.3 is 0 Å². The molecule has 0 unspecified atom stereocenters. The predicted octanol–water partition coefficient (Wildman–Crippen LogP) is 1.33. The van der Waals surface area contributed by atoms with Crippen molar-refractivity contribution in [3.8, 4) is 5.88 Å². The van der Waals surface area contributed by atoms with Crippen LogP contribution in [-0.2, 0) is 31.0 Å². The summed E-state index contributed by atoms with van der Waals surface area (Å²) in [6.45, 7) is 5.85. The van der Waals surface area contributed by atoms with E-state index in [-0.39, 0.29) is 5.91 Å². The maximum atomic E-state index is 11.4. The van der Waals surface area contributed by atoms with Crippen LogP contribution in [-0.4, -0.2) is 39.2 Å². The summed E-state index contributed by atoms with van der Waals surface area (Å²) in [6.07, 6.45) is 2.35. The Bertz CT molecular complexity index is 696. The Labute approximate surface area is 141 Å². The number of carbonyl (C=O) groups excluding carboxylic acids is 1. The smallest absolute Gasteiger partial charge is 0.220 e. The number of aromatic nitrogens is 3. The summed E-state index contributed by atoms with van der Waals surface area (Å²) in [5, 5.41) is 7.44. The van der Waals surface area contributed by atoms with Crippen molar-refractivity contribution in [3.63, 3.8) is 0 Å². The standard InChI is InChI=1S/C17H23N5O2/c1-3-16(23)18-10-14-8-15-12-21(6-7-22(15)20-14)11-13-4-5-17(24-2)19-9-13/h4-5,8-9H,3,6-7,10-12H2,1-2H3,(H,18,23). The first-order chi connectivity index (χ1) is 11.7. The Morgan fingerprint density at radius 2 is 2.25 bits per heavy atom. The number of hydrogen-bond donors (Lipinski definition) is 1. The second-order valence-corrected chi connectivity index (χ2v) is 5.90. The maximum Gasteiger partial charge on any atom is 0.220 e. The number of fused-ring (bicyclic) bond motifs is 1. The van der Waals surface area contributed by atoms with Gasteiger partial charge in [-0.25, -0.2) is 4.98 Å². The Balaban J connectivity index is 1.59. The third-order valence-corrected chi connectivity index (χ3v) is 4.13. The van der Waals surface area contributed by atoms with Crippen molar-refractivity contribution in [2.45, 2.75) is 39.5 Å². The van der Waals surface area contributed by atoms with Gasteiger partial charge in [0.15, 0.2) is 0 Å². The maximum absolute atomic E-state index is 11.4. The van der Waals surface area contributed by atoms with Crippen LogP contribution in [0.2, 0.25) is 0 Å². The van der Waals surface area contributed by atoms with Crippen LogP contribution in [0, 0.1) is 0 Å². The first kappa shape index (κ1) is 16.4. The number of amides is 1. The second-order valence-electron chi connectivity index (χ2n) is 5.90. The van der Waals surface area contributed by atoms with E-state index >= 15 is 0 Å². The van der Waals surface area contributed by atoms with Crippen LogP contribution >= 0.6 is 0 Å². The molecule has 1 aliphatic heterocycles. The summed E-state index contributed by atoms with van der Waals surface area (Å²) in [5.41, 5.74) is 3.27. The number of ether oxygens (including phenoxy) is 1. The van der Waals surface area contributed by atoms with E-state index in [9.17, 15) is 4.79 Å². The SMILES string of the molecule is CCC(=O)NCc1cc2n(n1)CCN(Cc1ccc(OC)nc1)C2. The molecule has 2 aromatic rings. The summed E-state index contributed by atoms with van der Waals surface area (Å²) in [5.74, 6) is 0.684. The Kier molecular flexibility index (Phi) is 5.10. The molecule has 3 rings (SSSR count). The van der Waals surface area contributed by atoms with Gasteiger partial charge in [-0.1, -0.05) is 13.0 Å². The van der Waals surface area contributed by atoms with Crippen LogP contribution in [0.15, 0.2) is 24.4 Å². The van der Waals surface area contributed by atoms with Crippen molar-refractivity contribution in [1.82, 2.24) is 25.0 Å². The molecule has 0 aliphatic carbocycles. The van der Waals surface area contributed by atoms with Gasteiger partial charge in [-0.05, 0) is 11.6 Å². The fraction of sp³-hybridized carbons (Fsp3) is 0.471. The van der Waals surface area contributed by atoms with Crippen LogP contribution in [0.25, 0.3) is 0 Å². The largest absolute Gasteiger partial charge is 0.481 e. The molecule has 0 radical (unpaired) electrons. The number of rotatable bonds is 6. The zero-order chi connectivity index (χ0) is 16.9. The highest BCUT2D eigenvalue weighted by Crippen LogP contribution is 2.17. The first-order valence-electron chi connectivity index (χ1n) is 8.21. The Morgan fingerprint density at radius 3 is 2.96 bits per heavy atom. The van der Waals surface area contributed by atoms with Gasteiger partial charge in [-0.2, -0.15) is 5.10 Å². The Morgan fingerprint density at radius 1 is 1.38 bits per heavy atom. The number of methoxy groups -OCH3 is 1. The zero-order valence-corrected chi connectivity index (χ0v) is 14.2. The molecule has 7 heteroatoms. The number of nitrogens with one attached hydrogen (secondary N) is 1. The molecule has 0 fully saturated rings. The molecule has 1 N–H and O–H groups in total. The van der Waals surface area contributed by atoms with Crippen molar-refractivity contribution in [2.24, 2.45) is 0 Å². The summed E-state index contributed by atoms with van der Waals surface area (Å²) in [7, 11) is 1.62.